The Bertz CT molecular complexity index is 2360. The molecule has 0 radical (unpaired) electrons. The quantitative estimate of drug-likeness (QED) is 0.121. The Kier molecular flexibility index (Phi) is 19.4. The van der Waals surface area contributed by atoms with Gasteiger partial charge in [-0.15, -0.1) is 0 Å². The predicted octanol–water partition coefficient (Wildman–Crippen LogP) is 1.51. The molecule has 11 atom stereocenters. The summed E-state index contributed by atoms with van der Waals surface area (Å²) in [4.78, 5) is 130. The van der Waals surface area contributed by atoms with Gasteiger partial charge in [0, 0.05) is 54.4 Å². The zero-order valence-electron chi connectivity index (χ0n) is 42.0. The lowest BCUT2D eigenvalue weighted by atomic mass is 9.93. The Balaban J connectivity index is 1.51. The number of carbonyl (C=O) groups excluding carboxylic acids is 10. The van der Waals surface area contributed by atoms with E-state index in [2.05, 4.69) is 21.3 Å². The van der Waals surface area contributed by atoms with Crippen molar-refractivity contribution < 1.29 is 95.3 Å². The van der Waals surface area contributed by atoms with E-state index in [4.69, 9.17) is 47.4 Å². The molecular formula is C49H62N4O20. The van der Waals surface area contributed by atoms with Crippen LogP contribution in [0.5, 0.6) is 0 Å². The van der Waals surface area contributed by atoms with E-state index in [0.717, 1.165) is 70.7 Å². The summed E-state index contributed by atoms with van der Waals surface area (Å²) in [7, 11) is 0. The lowest BCUT2D eigenvalue weighted by molar-refractivity contribution is -0.318. The minimum Gasteiger partial charge on any atom is -0.463 e. The van der Waals surface area contributed by atoms with Gasteiger partial charge in [0.25, 0.3) is 0 Å². The first-order valence-corrected chi connectivity index (χ1v) is 23.2. The van der Waals surface area contributed by atoms with Crippen LogP contribution in [0.2, 0.25) is 0 Å². The topological polar surface area (TPSA) is 311 Å². The Morgan fingerprint density at radius 1 is 0.562 bits per heavy atom. The highest BCUT2D eigenvalue weighted by molar-refractivity contribution is 5.90. The molecule has 0 unspecified atom stereocenters. The number of hydrogen-bond acceptors (Lipinski definition) is 20. The van der Waals surface area contributed by atoms with Gasteiger partial charge in [0.15, 0.2) is 30.8 Å². The van der Waals surface area contributed by atoms with Gasteiger partial charge in [0.1, 0.15) is 61.9 Å². The van der Waals surface area contributed by atoms with Crippen LogP contribution in [-0.2, 0) is 90.5 Å². The molecule has 5 rings (SSSR count). The van der Waals surface area contributed by atoms with Gasteiger partial charge in [0.05, 0.1) is 6.42 Å². The summed E-state index contributed by atoms with van der Waals surface area (Å²) in [5, 5.41) is 10.1. The van der Waals surface area contributed by atoms with E-state index < -0.39 is 152 Å². The number of nitrogens with one attached hydrogen (secondary N) is 4. The number of benzene rings is 2. The third-order valence-electron chi connectivity index (χ3n) is 11.2. The van der Waals surface area contributed by atoms with Crippen LogP contribution in [0, 0.1) is 0 Å². The fourth-order valence-corrected chi connectivity index (χ4v) is 8.63. The van der Waals surface area contributed by atoms with Crippen LogP contribution in [0.1, 0.15) is 92.7 Å². The third kappa shape index (κ3) is 15.9. The number of alkyl carbamates (subject to hydrolysis) is 1. The molecule has 2 heterocycles. The highest BCUT2D eigenvalue weighted by Crippen LogP contribution is 2.44. The summed E-state index contributed by atoms with van der Waals surface area (Å²) < 4.78 is 57.6. The summed E-state index contributed by atoms with van der Waals surface area (Å²) in [6, 6.07) is 10.3. The molecule has 24 heteroatoms. The molecule has 2 fully saturated rings. The van der Waals surface area contributed by atoms with Gasteiger partial charge in [-0.25, -0.2) is 4.79 Å². The minimum absolute atomic E-state index is 0.162. The standard InChI is InChI=1S/C49H62N4O20/c1-23(54)50-39-43(68-28(6)59)42(72-47-40(51-24(2)55)44(69-29(7)60)41(67-27(5)58)37(71-47)22-65-26(4)57)36(21-64-25(3)56)70-46(39)53-45(62)35(19-38(61)73-49(8,9)10)52-48(63)66-20-34-32-17-13-11-15-30(32)31-16-12-14-18-33(31)34/h11-18,34-37,39-44,46-47H,19-22H2,1-10H3,(H,50,54)(H,51,55)(H,52,63)(H,53,62)/t35-,36+,37+,39+,40+,41+,42+,43+,44+,46+,47-/m0/s1. The van der Waals surface area contributed by atoms with E-state index in [1.165, 1.54) is 0 Å². The first kappa shape index (κ1) is 56.7. The van der Waals surface area contributed by atoms with Gasteiger partial charge in [-0.2, -0.15) is 0 Å². The number of carbonyl (C=O) groups is 10. The van der Waals surface area contributed by atoms with Crippen LogP contribution in [0.4, 0.5) is 4.79 Å². The van der Waals surface area contributed by atoms with Crippen LogP contribution < -0.4 is 21.3 Å². The maximum atomic E-state index is 14.5. The van der Waals surface area contributed by atoms with Gasteiger partial charge >= 0.3 is 41.9 Å². The molecule has 24 nitrogen and oxygen atoms in total. The molecule has 0 bridgehead atoms. The average molecular weight is 1030 g/mol. The van der Waals surface area contributed by atoms with Crippen LogP contribution in [0.25, 0.3) is 11.1 Å². The zero-order valence-corrected chi connectivity index (χ0v) is 42.0. The minimum atomic E-state index is -1.82. The molecule has 4 amide bonds. The fourth-order valence-electron chi connectivity index (χ4n) is 8.63. The lowest BCUT2D eigenvalue weighted by Gasteiger charge is -2.49. The maximum absolute atomic E-state index is 14.5. The first-order chi connectivity index (χ1) is 34.3. The second-order valence-corrected chi connectivity index (χ2v) is 18.3. The molecule has 398 valence electrons. The molecule has 2 aliphatic heterocycles. The number of fused-ring (bicyclic) bond motifs is 3. The molecular weight excluding hydrogens is 965 g/mol. The summed E-state index contributed by atoms with van der Waals surface area (Å²) in [5.74, 6) is -8.30. The molecule has 0 aromatic heterocycles. The Hall–Kier alpha value is -7.18. The second-order valence-electron chi connectivity index (χ2n) is 18.3. The summed E-state index contributed by atoms with van der Waals surface area (Å²) in [6.07, 6.45) is -15.1. The van der Waals surface area contributed by atoms with Gasteiger partial charge in [-0.3, -0.25) is 43.2 Å². The monoisotopic (exact) mass is 1030 g/mol. The molecule has 2 aromatic rings. The van der Waals surface area contributed by atoms with E-state index >= 15 is 0 Å². The number of amides is 4. The van der Waals surface area contributed by atoms with Crippen molar-refractivity contribution in [3.05, 3.63) is 59.7 Å². The van der Waals surface area contributed by atoms with Crippen molar-refractivity contribution in [3.8, 4) is 11.1 Å². The smallest absolute Gasteiger partial charge is 0.407 e. The van der Waals surface area contributed by atoms with Gasteiger partial charge < -0.3 is 68.6 Å². The molecule has 3 aliphatic rings. The van der Waals surface area contributed by atoms with Crippen molar-refractivity contribution >= 4 is 59.6 Å². The summed E-state index contributed by atoms with van der Waals surface area (Å²) >= 11 is 0. The van der Waals surface area contributed by atoms with Crippen molar-refractivity contribution in [2.75, 3.05) is 19.8 Å². The van der Waals surface area contributed by atoms with Crippen molar-refractivity contribution in [1.82, 2.24) is 21.3 Å². The molecule has 73 heavy (non-hydrogen) atoms. The van der Waals surface area contributed by atoms with Crippen LogP contribution >= 0.6 is 0 Å². The average Bonchev–Trinajstić information content (AvgIpc) is 3.59. The van der Waals surface area contributed by atoms with Crippen LogP contribution in [0.15, 0.2) is 48.5 Å². The SMILES string of the molecule is CC(=O)N[C@@H]1[C@@H](OC(C)=O)[C@H](O[C@@H]2O[C@H](COC(C)=O)[C@@H](OC(C)=O)[C@H](OC(C)=O)[C@H]2NC(C)=O)[C@@H](COC(C)=O)O[C@H]1NC(=O)[C@H](CC(=O)OC(C)(C)C)NC(=O)OCC1c2ccccc2-c2ccccc21. The van der Waals surface area contributed by atoms with Crippen LogP contribution in [-0.4, -0.2) is 152 Å². The van der Waals surface area contributed by atoms with Gasteiger partial charge in [-0.05, 0) is 43.0 Å². The molecule has 1 aliphatic carbocycles. The molecule has 2 aromatic carbocycles. The zero-order chi connectivity index (χ0) is 53.9. The largest absolute Gasteiger partial charge is 0.463 e. The Morgan fingerprint density at radius 2 is 1.04 bits per heavy atom. The van der Waals surface area contributed by atoms with Crippen molar-refractivity contribution in [1.29, 1.82) is 0 Å². The van der Waals surface area contributed by atoms with Crippen molar-refractivity contribution in [3.63, 3.8) is 0 Å². The first-order valence-electron chi connectivity index (χ1n) is 23.2. The molecule has 2 saturated heterocycles. The van der Waals surface area contributed by atoms with Crippen molar-refractivity contribution in [2.45, 2.75) is 154 Å². The normalized spacial score (nSPS) is 24.6. The maximum Gasteiger partial charge on any atom is 0.407 e. The third-order valence-corrected chi connectivity index (χ3v) is 11.2. The van der Waals surface area contributed by atoms with Gasteiger partial charge in [-0.1, -0.05) is 48.5 Å². The summed E-state index contributed by atoms with van der Waals surface area (Å²) in [5.41, 5.74) is 2.71. The van der Waals surface area contributed by atoms with E-state index in [9.17, 15) is 47.9 Å². The lowest BCUT2D eigenvalue weighted by Crippen LogP contribution is -2.72. The number of hydrogen-bond donors (Lipinski definition) is 4. The Labute approximate surface area is 420 Å². The van der Waals surface area contributed by atoms with E-state index in [1.807, 2.05) is 48.5 Å². The molecule has 0 spiro atoms. The van der Waals surface area contributed by atoms with E-state index in [1.54, 1.807) is 20.8 Å². The summed E-state index contributed by atoms with van der Waals surface area (Å²) in [6.45, 7) is 10.7. The van der Waals surface area contributed by atoms with Gasteiger partial charge in [0.2, 0.25) is 17.7 Å². The van der Waals surface area contributed by atoms with Crippen molar-refractivity contribution in [2.24, 2.45) is 0 Å². The molecule has 0 saturated carbocycles. The highest BCUT2D eigenvalue weighted by Gasteiger charge is 2.56. The number of ether oxygens (including phenoxy) is 10. The van der Waals surface area contributed by atoms with Crippen LogP contribution in [0.3, 0.4) is 0 Å². The van der Waals surface area contributed by atoms with E-state index in [0.29, 0.717) is 0 Å². The Morgan fingerprint density at radius 3 is 1.53 bits per heavy atom. The number of esters is 6. The number of rotatable bonds is 18. The predicted molar refractivity (Wildman–Crippen MR) is 248 cm³/mol. The fraction of sp³-hybridized carbons (Fsp3) is 0.551. The highest BCUT2D eigenvalue weighted by atomic mass is 16.7. The second kappa shape index (κ2) is 25.0. The molecule has 4 N–H and O–H groups in total. The van der Waals surface area contributed by atoms with E-state index in [-0.39, 0.29) is 12.5 Å².